The molecule has 20 heavy (non-hydrogen) atoms. The van der Waals surface area contributed by atoms with Crippen molar-refractivity contribution in [3.63, 3.8) is 0 Å². The van der Waals surface area contributed by atoms with Gasteiger partial charge in [0, 0.05) is 17.8 Å². The van der Waals surface area contributed by atoms with Crippen LogP contribution in [0.25, 0.3) is 0 Å². The van der Waals surface area contributed by atoms with Crippen LogP contribution < -0.4 is 11.1 Å². The molecule has 3 nitrogen and oxygen atoms in total. The van der Waals surface area contributed by atoms with Gasteiger partial charge in [-0.2, -0.15) is 0 Å². The summed E-state index contributed by atoms with van der Waals surface area (Å²) in [4.78, 5) is 0. The number of nitrogens with one attached hydrogen (secondary N) is 1. The minimum atomic E-state index is -3.33. The highest BCUT2D eigenvalue weighted by molar-refractivity contribution is 5.45. The number of nitrogen functional groups attached to an aromatic ring is 1. The van der Waals surface area contributed by atoms with Crippen LogP contribution in [0.5, 0.6) is 0 Å². The highest BCUT2D eigenvalue weighted by Gasteiger charge is 2.63. The van der Waals surface area contributed by atoms with Crippen molar-refractivity contribution in [1.29, 1.82) is 0 Å². The summed E-state index contributed by atoms with van der Waals surface area (Å²) in [5, 5.41) is 2.72. The normalized spacial score (nSPS) is 28.9. The van der Waals surface area contributed by atoms with E-state index in [0.717, 1.165) is 6.07 Å². The Labute approximate surface area is 116 Å². The SMILES string of the molecule is CC1(C)OCCN[C@](C)(c2cc(N)ccc2F)C1(F)F. The van der Waals surface area contributed by atoms with E-state index in [9.17, 15) is 13.2 Å². The van der Waals surface area contributed by atoms with E-state index in [0.29, 0.717) is 0 Å². The number of alkyl halides is 2. The average Bonchev–Trinajstić information content (AvgIpc) is 2.43. The summed E-state index contributed by atoms with van der Waals surface area (Å²) in [7, 11) is 0. The number of hydrogen-bond donors (Lipinski definition) is 2. The van der Waals surface area contributed by atoms with Crippen LogP contribution in [0.15, 0.2) is 18.2 Å². The van der Waals surface area contributed by atoms with Crippen LogP contribution in [0.2, 0.25) is 0 Å². The maximum Gasteiger partial charge on any atom is 0.297 e. The van der Waals surface area contributed by atoms with E-state index in [1.54, 1.807) is 0 Å². The van der Waals surface area contributed by atoms with Crippen LogP contribution in [0.3, 0.4) is 0 Å². The maximum atomic E-state index is 14.9. The summed E-state index contributed by atoms with van der Waals surface area (Å²) in [6, 6.07) is 3.70. The summed E-state index contributed by atoms with van der Waals surface area (Å²) in [5.74, 6) is -4.04. The lowest BCUT2D eigenvalue weighted by Crippen LogP contribution is -2.61. The number of nitrogens with two attached hydrogens (primary N) is 1. The van der Waals surface area contributed by atoms with Gasteiger partial charge in [-0.25, -0.2) is 13.2 Å². The smallest absolute Gasteiger partial charge is 0.297 e. The summed E-state index contributed by atoms with van der Waals surface area (Å²) >= 11 is 0. The van der Waals surface area contributed by atoms with Crippen LogP contribution in [0.4, 0.5) is 18.9 Å². The zero-order chi connectivity index (χ0) is 15.2. The number of ether oxygens (including phenoxy) is 1. The van der Waals surface area contributed by atoms with Gasteiger partial charge in [0.05, 0.1) is 6.61 Å². The van der Waals surface area contributed by atoms with E-state index in [1.807, 2.05) is 0 Å². The Bertz CT molecular complexity index is 519. The average molecular weight is 288 g/mol. The van der Waals surface area contributed by atoms with E-state index in [2.05, 4.69) is 5.32 Å². The van der Waals surface area contributed by atoms with E-state index in [1.165, 1.54) is 32.9 Å². The Morgan fingerprint density at radius 2 is 1.90 bits per heavy atom. The number of hydrogen-bond acceptors (Lipinski definition) is 3. The molecule has 1 aliphatic rings. The standard InChI is InChI=1S/C14H19F3N2O/c1-12(2)14(16,17)13(3,19-6-7-20-12)10-8-9(18)4-5-11(10)15/h4-5,8,19H,6-7,18H2,1-3H3/t13-/m1/s1. The van der Waals surface area contributed by atoms with Gasteiger partial charge >= 0.3 is 0 Å². The molecule has 0 saturated carbocycles. The summed E-state index contributed by atoms with van der Waals surface area (Å²) in [6.07, 6.45) is 0. The third kappa shape index (κ3) is 2.07. The molecule has 0 aliphatic carbocycles. The van der Waals surface area contributed by atoms with Crippen molar-refractivity contribution in [1.82, 2.24) is 5.32 Å². The van der Waals surface area contributed by atoms with Crippen molar-refractivity contribution < 1.29 is 17.9 Å². The number of halogens is 3. The first-order chi connectivity index (χ1) is 9.12. The number of rotatable bonds is 1. The molecule has 1 aromatic carbocycles. The minimum absolute atomic E-state index is 0.127. The van der Waals surface area contributed by atoms with E-state index in [4.69, 9.17) is 10.5 Å². The second kappa shape index (κ2) is 4.63. The molecule has 0 spiro atoms. The topological polar surface area (TPSA) is 47.3 Å². The molecule has 0 amide bonds. The van der Waals surface area contributed by atoms with E-state index in [-0.39, 0.29) is 24.4 Å². The molecule has 0 aromatic heterocycles. The third-order valence-electron chi connectivity index (χ3n) is 3.96. The van der Waals surface area contributed by atoms with Gasteiger partial charge in [0.25, 0.3) is 5.92 Å². The Kier molecular flexibility index (Phi) is 3.50. The molecular weight excluding hydrogens is 269 g/mol. The molecule has 1 fully saturated rings. The fourth-order valence-electron chi connectivity index (χ4n) is 2.60. The third-order valence-corrected chi connectivity index (χ3v) is 3.96. The van der Waals surface area contributed by atoms with Crippen molar-refractivity contribution in [3.8, 4) is 0 Å². The van der Waals surface area contributed by atoms with E-state index < -0.39 is 22.9 Å². The Balaban J connectivity index is 2.63. The van der Waals surface area contributed by atoms with Crippen LogP contribution >= 0.6 is 0 Å². The predicted molar refractivity (Wildman–Crippen MR) is 71.1 cm³/mol. The van der Waals surface area contributed by atoms with Crippen molar-refractivity contribution in [2.75, 3.05) is 18.9 Å². The maximum absolute atomic E-state index is 14.9. The summed E-state index contributed by atoms with van der Waals surface area (Å²) < 4.78 is 49.1. The van der Waals surface area contributed by atoms with Gasteiger partial charge < -0.3 is 15.8 Å². The minimum Gasteiger partial charge on any atom is -0.399 e. The lowest BCUT2D eigenvalue weighted by atomic mass is 9.77. The zero-order valence-corrected chi connectivity index (χ0v) is 11.8. The molecular formula is C14H19F3N2O. The highest BCUT2D eigenvalue weighted by Crippen LogP contribution is 2.48. The molecule has 3 N–H and O–H groups in total. The molecule has 0 radical (unpaired) electrons. The molecule has 1 aromatic rings. The predicted octanol–water partition coefficient (Wildman–Crippen LogP) is 2.66. The van der Waals surface area contributed by atoms with Crippen LogP contribution in [-0.4, -0.2) is 24.7 Å². The molecule has 1 heterocycles. The molecule has 0 unspecified atom stereocenters. The monoisotopic (exact) mass is 288 g/mol. The van der Waals surface area contributed by atoms with Gasteiger partial charge in [0.2, 0.25) is 0 Å². The van der Waals surface area contributed by atoms with Crippen LogP contribution in [-0.2, 0) is 10.3 Å². The zero-order valence-electron chi connectivity index (χ0n) is 11.8. The van der Waals surface area contributed by atoms with Gasteiger partial charge in [-0.1, -0.05) is 0 Å². The Morgan fingerprint density at radius 1 is 1.25 bits per heavy atom. The van der Waals surface area contributed by atoms with E-state index >= 15 is 0 Å². The van der Waals surface area contributed by atoms with Crippen molar-refractivity contribution >= 4 is 5.69 Å². The molecule has 2 rings (SSSR count). The van der Waals surface area contributed by atoms with Crippen molar-refractivity contribution in [2.24, 2.45) is 0 Å². The largest absolute Gasteiger partial charge is 0.399 e. The van der Waals surface area contributed by atoms with Crippen LogP contribution in [0.1, 0.15) is 26.3 Å². The lowest BCUT2D eigenvalue weighted by molar-refractivity contribution is -0.216. The number of benzene rings is 1. The second-order valence-electron chi connectivity index (χ2n) is 5.72. The van der Waals surface area contributed by atoms with Crippen molar-refractivity contribution in [2.45, 2.75) is 37.8 Å². The molecule has 1 atom stereocenters. The molecule has 0 bridgehead atoms. The second-order valence-corrected chi connectivity index (χ2v) is 5.72. The first kappa shape index (κ1) is 15.1. The Morgan fingerprint density at radius 3 is 2.55 bits per heavy atom. The van der Waals surface area contributed by atoms with Gasteiger partial charge in [0.15, 0.2) is 0 Å². The first-order valence-corrected chi connectivity index (χ1v) is 6.44. The Hall–Kier alpha value is -1.27. The molecule has 1 aliphatic heterocycles. The molecule has 6 heteroatoms. The van der Waals surface area contributed by atoms with Gasteiger partial charge in [-0.05, 0) is 39.0 Å². The van der Waals surface area contributed by atoms with Gasteiger partial charge in [-0.15, -0.1) is 0 Å². The lowest BCUT2D eigenvalue weighted by Gasteiger charge is -2.44. The molecule has 112 valence electrons. The first-order valence-electron chi connectivity index (χ1n) is 6.44. The summed E-state index contributed by atoms with van der Waals surface area (Å²) in [5.41, 5.74) is 2.09. The van der Waals surface area contributed by atoms with Gasteiger partial charge in [-0.3, -0.25) is 0 Å². The van der Waals surface area contributed by atoms with Crippen LogP contribution in [0, 0.1) is 5.82 Å². The number of anilines is 1. The summed E-state index contributed by atoms with van der Waals surface area (Å²) in [6.45, 7) is 4.22. The highest BCUT2D eigenvalue weighted by atomic mass is 19.3. The molecule has 1 saturated heterocycles. The fraction of sp³-hybridized carbons (Fsp3) is 0.571. The quantitative estimate of drug-likeness (QED) is 0.781. The van der Waals surface area contributed by atoms with Gasteiger partial charge in [0.1, 0.15) is 17.0 Å². The fourth-order valence-corrected chi connectivity index (χ4v) is 2.60. The van der Waals surface area contributed by atoms with Crippen molar-refractivity contribution in [3.05, 3.63) is 29.6 Å².